The van der Waals surface area contributed by atoms with Gasteiger partial charge in [-0.05, 0) is 0 Å². The van der Waals surface area contributed by atoms with Crippen LogP contribution >= 0.6 is 0 Å². The summed E-state index contributed by atoms with van der Waals surface area (Å²) in [4.78, 5) is 48.7. The van der Waals surface area contributed by atoms with E-state index in [2.05, 4.69) is 21.3 Å². The minimum Gasteiger partial charge on any atom is -0.394 e. The van der Waals surface area contributed by atoms with Crippen LogP contribution in [0.25, 0.3) is 0 Å². The third-order valence-electron chi connectivity index (χ3n) is 9.79. The zero-order valence-electron chi connectivity index (χ0n) is 31.3. The molecule has 0 saturated carbocycles. The Hall–Kier alpha value is -2.80. The number of hydrogen-bond acceptors (Lipinski definition) is 21. The van der Waals surface area contributed by atoms with Gasteiger partial charge in [-0.2, -0.15) is 0 Å². The van der Waals surface area contributed by atoms with Crippen molar-refractivity contribution < 1.29 is 103 Å². The highest BCUT2D eigenvalue weighted by Gasteiger charge is 2.55. The first-order chi connectivity index (χ1) is 26.8. The molecular weight excluding hydrogens is 776 g/mol. The number of aliphatic hydroxyl groups excluding tert-OH is 10. The number of carbonyl (C=O) groups is 4. The first-order valence-electron chi connectivity index (χ1n) is 18.0. The average Bonchev–Trinajstić information content (AvgIpc) is 3.14. The quantitative estimate of drug-likeness (QED) is 0.0773. The molecule has 4 fully saturated rings. The second-order valence-corrected chi connectivity index (χ2v) is 14.1. The van der Waals surface area contributed by atoms with Gasteiger partial charge >= 0.3 is 0 Å². The van der Waals surface area contributed by atoms with E-state index in [1.165, 1.54) is 0 Å². The Morgan fingerprint density at radius 2 is 0.860 bits per heavy atom. The molecular formula is C32H54N4O21. The van der Waals surface area contributed by atoms with Crippen LogP contribution in [0.5, 0.6) is 0 Å². The van der Waals surface area contributed by atoms with Crippen LogP contribution in [-0.4, -0.2) is 224 Å². The molecule has 57 heavy (non-hydrogen) atoms. The predicted molar refractivity (Wildman–Crippen MR) is 180 cm³/mol. The van der Waals surface area contributed by atoms with E-state index in [4.69, 9.17) is 33.2 Å². The third kappa shape index (κ3) is 11.1. The van der Waals surface area contributed by atoms with E-state index >= 15 is 0 Å². The molecule has 328 valence electrons. The van der Waals surface area contributed by atoms with E-state index in [9.17, 15) is 70.2 Å². The molecule has 4 rings (SSSR count). The number of ether oxygens (including phenoxy) is 7. The summed E-state index contributed by atoms with van der Waals surface area (Å²) >= 11 is 0. The van der Waals surface area contributed by atoms with Gasteiger partial charge in [-0.15, -0.1) is 0 Å². The first kappa shape index (κ1) is 46.9. The number of amides is 4. The lowest BCUT2D eigenvalue weighted by atomic mass is 9.93. The maximum atomic E-state index is 12.7. The second kappa shape index (κ2) is 20.4. The van der Waals surface area contributed by atoms with Crippen LogP contribution in [0.15, 0.2) is 0 Å². The number of rotatable bonds is 14. The topological polar surface area (TPSA) is 383 Å². The average molecular weight is 831 g/mol. The lowest BCUT2D eigenvalue weighted by Crippen LogP contribution is -2.71. The van der Waals surface area contributed by atoms with Crippen LogP contribution in [0.1, 0.15) is 27.7 Å². The maximum absolute atomic E-state index is 12.7. The van der Waals surface area contributed by atoms with Gasteiger partial charge in [0.15, 0.2) is 25.2 Å². The third-order valence-corrected chi connectivity index (χ3v) is 9.79. The molecule has 4 heterocycles. The van der Waals surface area contributed by atoms with Gasteiger partial charge in [-0.25, -0.2) is 0 Å². The van der Waals surface area contributed by atoms with Crippen molar-refractivity contribution in [2.75, 3.05) is 26.4 Å². The van der Waals surface area contributed by atoms with E-state index in [0.29, 0.717) is 0 Å². The lowest BCUT2D eigenvalue weighted by Gasteiger charge is -2.50. The van der Waals surface area contributed by atoms with E-state index in [-0.39, 0.29) is 0 Å². The Balaban J connectivity index is 1.75. The van der Waals surface area contributed by atoms with Gasteiger partial charge in [0.1, 0.15) is 97.4 Å². The molecule has 20 atom stereocenters. The van der Waals surface area contributed by atoms with Gasteiger partial charge in [0.2, 0.25) is 23.6 Å². The Morgan fingerprint density at radius 3 is 1.35 bits per heavy atom. The van der Waals surface area contributed by atoms with Gasteiger partial charge in [0.25, 0.3) is 0 Å². The van der Waals surface area contributed by atoms with Gasteiger partial charge in [0.05, 0.1) is 26.4 Å². The molecule has 0 spiro atoms. The summed E-state index contributed by atoms with van der Waals surface area (Å²) in [6.07, 6.45) is -27.4. The second-order valence-electron chi connectivity index (χ2n) is 14.1. The maximum Gasteiger partial charge on any atom is 0.217 e. The van der Waals surface area contributed by atoms with Crippen LogP contribution in [0.4, 0.5) is 0 Å². The Labute approximate surface area is 325 Å². The monoisotopic (exact) mass is 830 g/mol. The lowest BCUT2D eigenvalue weighted by molar-refractivity contribution is -0.355. The van der Waals surface area contributed by atoms with E-state index < -0.39 is 173 Å². The normalized spacial score (nSPS) is 43.8. The molecule has 25 heteroatoms. The van der Waals surface area contributed by atoms with E-state index in [1.54, 1.807) is 0 Å². The number of aliphatic hydroxyl groups is 10. The minimum absolute atomic E-state index is 0.677. The molecule has 25 nitrogen and oxygen atoms in total. The number of hydrogen-bond donors (Lipinski definition) is 14. The van der Waals surface area contributed by atoms with Crippen LogP contribution < -0.4 is 21.3 Å². The van der Waals surface area contributed by atoms with Crippen LogP contribution in [0.2, 0.25) is 0 Å². The largest absolute Gasteiger partial charge is 0.394 e. The Kier molecular flexibility index (Phi) is 16.8. The van der Waals surface area contributed by atoms with Gasteiger partial charge < -0.3 is 105 Å². The van der Waals surface area contributed by atoms with Crippen molar-refractivity contribution in [1.82, 2.24) is 21.3 Å². The van der Waals surface area contributed by atoms with Crippen molar-refractivity contribution >= 4 is 23.6 Å². The zero-order valence-corrected chi connectivity index (χ0v) is 31.3. The predicted octanol–water partition coefficient (Wildman–Crippen LogP) is -9.17. The molecule has 4 saturated heterocycles. The van der Waals surface area contributed by atoms with Gasteiger partial charge in [0, 0.05) is 27.7 Å². The Morgan fingerprint density at radius 1 is 0.456 bits per heavy atom. The molecule has 14 N–H and O–H groups in total. The highest BCUT2D eigenvalue weighted by atomic mass is 16.7. The van der Waals surface area contributed by atoms with Crippen molar-refractivity contribution in [2.45, 2.75) is 150 Å². The molecule has 0 bridgehead atoms. The molecule has 0 aromatic carbocycles. The standard InChI is InChI=1S/C32H54N4O21/c1-9(40)33-17-26(49)27(15(7-39)52-29(17)50)56-32-20(36-12(4)43)28(57-31-19(35-11(3)42)25(48)22(45)14(6-38)54-31)23(46)16(55-32)8-51-30-18(34-10(2)41)24(47)21(44)13(5-37)53-30/h13-32,37-39,44-50H,5-8H2,1-4H3,(H,33,40)(H,34,41)(H,35,42)(H,36,43)/t13-,14-,15-,16-,17-,18-,19-,20-,21-,22-,23-,24-,25-,26-,27-,28-,29?,30-,31+,32+/m1/s1. The summed E-state index contributed by atoms with van der Waals surface area (Å²) in [5.74, 6) is -2.87. The summed E-state index contributed by atoms with van der Waals surface area (Å²) in [5, 5.41) is 116. The SMILES string of the molecule is CC(=O)N[C@H]1[C@H](OC[C@H]2O[C@@H](O[C@H]3[C@H](O)[C@@H](NC(C)=O)C(O)O[C@@H]3CO)[C@H](NC(C)=O)[C@@H](O[C@@H]3O[C@H](CO)[C@@H](O)[C@H](O)[C@H]3NC(C)=O)[C@@H]2O)O[C@H](CO)[C@@H](O)[C@@H]1O. The van der Waals surface area contributed by atoms with Crippen molar-refractivity contribution in [3.05, 3.63) is 0 Å². The summed E-state index contributed by atoms with van der Waals surface area (Å²) in [5.41, 5.74) is 0. The summed E-state index contributed by atoms with van der Waals surface area (Å²) in [7, 11) is 0. The van der Waals surface area contributed by atoms with Crippen molar-refractivity contribution in [3.8, 4) is 0 Å². The molecule has 0 aromatic heterocycles. The van der Waals surface area contributed by atoms with Crippen molar-refractivity contribution in [1.29, 1.82) is 0 Å². The molecule has 4 aliphatic heterocycles. The fraction of sp³-hybridized carbons (Fsp3) is 0.875. The summed E-state index contributed by atoms with van der Waals surface area (Å²) in [6.45, 7) is 1.05. The zero-order chi connectivity index (χ0) is 42.5. The highest BCUT2D eigenvalue weighted by Crippen LogP contribution is 2.33. The smallest absolute Gasteiger partial charge is 0.217 e. The van der Waals surface area contributed by atoms with Crippen molar-refractivity contribution in [3.63, 3.8) is 0 Å². The molecule has 1 unspecified atom stereocenters. The number of carbonyl (C=O) groups excluding carboxylic acids is 4. The van der Waals surface area contributed by atoms with Crippen LogP contribution in [0.3, 0.4) is 0 Å². The minimum atomic E-state index is -1.93. The molecule has 0 aromatic rings. The highest BCUT2D eigenvalue weighted by molar-refractivity contribution is 5.74. The fourth-order valence-electron chi connectivity index (χ4n) is 7.06. The molecule has 0 aliphatic carbocycles. The first-order valence-corrected chi connectivity index (χ1v) is 18.0. The number of nitrogens with one attached hydrogen (secondary N) is 4. The van der Waals surface area contributed by atoms with Crippen LogP contribution in [0, 0.1) is 0 Å². The van der Waals surface area contributed by atoms with Crippen LogP contribution in [-0.2, 0) is 52.3 Å². The molecule has 0 radical (unpaired) electrons. The molecule has 4 aliphatic rings. The summed E-state index contributed by atoms with van der Waals surface area (Å²) < 4.78 is 40.8. The molecule has 4 amide bonds. The Bertz CT molecular complexity index is 1370. The van der Waals surface area contributed by atoms with Gasteiger partial charge in [-0.3, -0.25) is 19.2 Å². The van der Waals surface area contributed by atoms with E-state index in [0.717, 1.165) is 27.7 Å². The van der Waals surface area contributed by atoms with Gasteiger partial charge in [-0.1, -0.05) is 0 Å². The van der Waals surface area contributed by atoms with Crippen molar-refractivity contribution in [2.24, 2.45) is 0 Å². The summed E-state index contributed by atoms with van der Waals surface area (Å²) in [6, 6.07) is -6.17. The van der Waals surface area contributed by atoms with E-state index in [1.807, 2.05) is 0 Å². The fourth-order valence-corrected chi connectivity index (χ4v) is 7.06.